The molecule has 9 heteroatoms. The Morgan fingerprint density at radius 1 is 1.07 bits per heavy atom. The highest BCUT2D eigenvalue weighted by Gasteiger charge is 2.21. The van der Waals surface area contributed by atoms with E-state index in [1.807, 2.05) is 30.3 Å². The first-order valence-electron chi connectivity index (χ1n) is 9.79. The number of benzene rings is 2. The summed E-state index contributed by atoms with van der Waals surface area (Å²) in [5.74, 6) is 0.913. The molecule has 0 aliphatic carbocycles. The zero-order valence-electron chi connectivity index (χ0n) is 17.0. The SMILES string of the molecule is CS(=O)(=O)N(CC(=O)NCCN1CCOCC1)c1ccc(Oc2ccccc2)cc1. The molecule has 2 aromatic carbocycles. The third-order valence-corrected chi connectivity index (χ3v) is 5.79. The van der Waals surface area contributed by atoms with Crippen LogP contribution in [0.15, 0.2) is 54.6 Å². The van der Waals surface area contributed by atoms with E-state index in [0.717, 1.165) is 23.7 Å². The Hall–Kier alpha value is -2.62. The third-order valence-electron chi connectivity index (χ3n) is 4.65. The minimum Gasteiger partial charge on any atom is -0.457 e. The fourth-order valence-corrected chi connectivity index (χ4v) is 3.93. The molecule has 0 saturated carbocycles. The van der Waals surface area contributed by atoms with Gasteiger partial charge in [0.15, 0.2) is 0 Å². The fourth-order valence-electron chi connectivity index (χ4n) is 3.07. The van der Waals surface area contributed by atoms with Gasteiger partial charge in [0.2, 0.25) is 15.9 Å². The normalized spacial score (nSPS) is 14.8. The largest absolute Gasteiger partial charge is 0.457 e. The molecule has 3 rings (SSSR count). The molecule has 162 valence electrons. The molecule has 1 N–H and O–H groups in total. The molecule has 1 fully saturated rings. The molecule has 2 aromatic rings. The average Bonchev–Trinajstić information content (AvgIpc) is 2.73. The summed E-state index contributed by atoms with van der Waals surface area (Å²) in [4.78, 5) is 14.5. The molecule has 0 spiro atoms. The second-order valence-corrected chi connectivity index (χ2v) is 8.89. The number of para-hydroxylation sites is 1. The van der Waals surface area contributed by atoms with Crippen LogP contribution in [0.1, 0.15) is 0 Å². The lowest BCUT2D eigenvalue weighted by Crippen LogP contribution is -2.44. The van der Waals surface area contributed by atoms with Gasteiger partial charge in [0, 0.05) is 26.2 Å². The Morgan fingerprint density at radius 3 is 2.33 bits per heavy atom. The number of nitrogens with one attached hydrogen (secondary N) is 1. The zero-order valence-corrected chi connectivity index (χ0v) is 17.8. The molecule has 0 bridgehead atoms. The van der Waals surface area contributed by atoms with Crippen molar-refractivity contribution in [1.29, 1.82) is 0 Å². The molecule has 1 aliphatic rings. The summed E-state index contributed by atoms with van der Waals surface area (Å²) < 4.78 is 36.6. The number of carbonyl (C=O) groups is 1. The predicted molar refractivity (Wildman–Crippen MR) is 115 cm³/mol. The summed E-state index contributed by atoms with van der Waals surface area (Å²) in [6, 6.07) is 15.9. The molecule has 8 nitrogen and oxygen atoms in total. The monoisotopic (exact) mass is 433 g/mol. The van der Waals surface area contributed by atoms with E-state index in [0.29, 0.717) is 43.5 Å². The molecule has 1 amide bonds. The first-order valence-corrected chi connectivity index (χ1v) is 11.6. The molecule has 0 aromatic heterocycles. The number of sulfonamides is 1. The van der Waals surface area contributed by atoms with Crippen molar-refractivity contribution in [2.75, 3.05) is 56.5 Å². The van der Waals surface area contributed by atoms with Crippen LogP contribution in [0.2, 0.25) is 0 Å². The highest BCUT2D eigenvalue weighted by Crippen LogP contribution is 2.25. The summed E-state index contributed by atoms with van der Waals surface area (Å²) in [6.07, 6.45) is 1.09. The molecule has 0 unspecified atom stereocenters. The van der Waals surface area contributed by atoms with Crippen molar-refractivity contribution in [1.82, 2.24) is 10.2 Å². The summed E-state index contributed by atoms with van der Waals surface area (Å²) in [6.45, 7) is 3.95. The molecular weight excluding hydrogens is 406 g/mol. The van der Waals surface area contributed by atoms with E-state index in [-0.39, 0.29) is 12.5 Å². The molecule has 0 radical (unpaired) electrons. The van der Waals surface area contributed by atoms with Crippen molar-refractivity contribution < 1.29 is 22.7 Å². The van der Waals surface area contributed by atoms with Crippen LogP contribution in [0.3, 0.4) is 0 Å². The van der Waals surface area contributed by atoms with Crippen LogP contribution < -0.4 is 14.4 Å². The Kier molecular flexibility index (Phi) is 7.67. The van der Waals surface area contributed by atoms with Gasteiger partial charge >= 0.3 is 0 Å². The molecule has 30 heavy (non-hydrogen) atoms. The minimum absolute atomic E-state index is 0.277. The van der Waals surface area contributed by atoms with Crippen LogP contribution in [-0.4, -0.2) is 71.4 Å². The van der Waals surface area contributed by atoms with Crippen LogP contribution in [0.25, 0.3) is 0 Å². The number of ether oxygens (including phenoxy) is 2. The topological polar surface area (TPSA) is 88.2 Å². The van der Waals surface area contributed by atoms with Crippen molar-refractivity contribution in [2.24, 2.45) is 0 Å². The molecule has 1 aliphatic heterocycles. The first-order chi connectivity index (χ1) is 14.4. The van der Waals surface area contributed by atoms with E-state index in [4.69, 9.17) is 9.47 Å². The third kappa shape index (κ3) is 6.72. The fraction of sp³-hybridized carbons (Fsp3) is 0.381. The van der Waals surface area contributed by atoms with Crippen LogP contribution in [0.4, 0.5) is 5.69 Å². The Bertz CT molecular complexity index is 913. The van der Waals surface area contributed by atoms with Crippen LogP contribution in [0, 0.1) is 0 Å². The maximum absolute atomic E-state index is 12.3. The van der Waals surface area contributed by atoms with E-state index in [1.165, 1.54) is 0 Å². The van der Waals surface area contributed by atoms with Gasteiger partial charge in [-0.1, -0.05) is 18.2 Å². The number of hydrogen-bond acceptors (Lipinski definition) is 6. The van der Waals surface area contributed by atoms with E-state index < -0.39 is 10.0 Å². The maximum Gasteiger partial charge on any atom is 0.240 e. The summed E-state index contributed by atoms with van der Waals surface area (Å²) in [5, 5.41) is 2.79. The van der Waals surface area contributed by atoms with Gasteiger partial charge in [0.1, 0.15) is 18.0 Å². The Morgan fingerprint density at radius 2 is 1.70 bits per heavy atom. The van der Waals surface area contributed by atoms with Gasteiger partial charge in [-0.15, -0.1) is 0 Å². The van der Waals surface area contributed by atoms with Crippen molar-refractivity contribution in [3.8, 4) is 11.5 Å². The average molecular weight is 434 g/mol. The standard InChI is InChI=1S/C21H27N3O5S/c1-30(26,27)24(17-21(25)22-11-12-23-13-15-28-16-14-23)18-7-9-20(10-8-18)29-19-5-3-2-4-6-19/h2-10H,11-17H2,1H3,(H,22,25). The number of hydrogen-bond donors (Lipinski definition) is 1. The van der Waals surface area contributed by atoms with Gasteiger partial charge in [-0.2, -0.15) is 0 Å². The predicted octanol–water partition coefficient (Wildman–Crippen LogP) is 1.69. The smallest absolute Gasteiger partial charge is 0.240 e. The highest BCUT2D eigenvalue weighted by atomic mass is 32.2. The van der Waals surface area contributed by atoms with Crippen molar-refractivity contribution >= 4 is 21.6 Å². The van der Waals surface area contributed by atoms with Crippen molar-refractivity contribution in [2.45, 2.75) is 0 Å². The highest BCUT2D eigenvalue weighted by molar-refractivity contribution is 7.92. The van der Waals surface area contributed by atoms with Gasteiger partial charge in [-0.25, -0.2) is 8.42 Å². The quantitative estimate of drug-likeness (QED) is 0.648. The Balaban J connectivity index is 1.57. The van der Waals surface area contributed by atoms with Gasteiger partial charge < -0.3 is 14.8 Å². The number of carbonyl (C=O) groups excluding carboxylic acids is 1. The Labute approximate surface area is 177 Å². The second kappa shape index (κ2) is 10.4. The van der Waals surface area contributed by atoms with E-state index in [2.05, 4.69) is 10.2 Å². The van der Waals surface area contributed by atoms with Gasteiger partial charge in [0.25, 0.3) is 0 Å². The number of rotatable bonds is 9. The lowest BCUT2D eigenvalue weighted by atomic mass is 10.3. The number of morpholine rings is 1. The molecule has 1 heterocycles. The summed E-state index contributed by atoms with van der Waals surface area (Å²) in [7, 11) is -3.63. The lowest BCUT2D eigenvalue weighted by molar-refractivity contribution is -0.119. The minimum atomic E-state index is -3.63. The van der Waals surface area contributed by atoms with Crippen LogP contribution in [-0.2, 0) is 19.6 Å². The molecular formula is C21H27N3O5S. The summed E-state index contributed by atoms with van der Waals surface area (Å²) in [5.41, 5.74) is 0.404. The number of amides is 1. The van der Waals surface area contributed by atoms with Crippen LogP contribution >= 0.6 is 0 Å². The molecule has 1 saturated heterocycles. The second-order valence-electron chi connectivity index (χ2n) is 6.98. The van der Waals surface area contributed by atoms with Gasteiger partial charge in [-0.05, 0) is 36.4 Å². The van der Waals surface area contributed by atoms with Gasteiger partial charge in [-0.3, -0.25) is 14.0 Å². The van der Waals surface area contributed by atoms with Crippen molar-refractivity contribution in [3.05, 3.63) is 54.6 Å². The number of nitrogens with zero attached hydrogens (tertiary/aromatic N) is 2. The zero-order chi connectivity index (χ0) is 21.4. The molecule has 0 atom stereocenters. The van der Waals surface area contributed by atoms with Crippen LogP contribution in [0.5, 0.6) is 11.5 Å². The van der Waals surface area contributed by atoms with Gasteiger partial charge in [0.05, 0.1) is 25.2 Å². The van der Waals surface area contributed by atoms with E-state index >= 15 is 0 Å². The van der Waals surface area contributed by atoms with E-state index in [1.54, 1.807) is 24.3 Å². The first kappa shape index (κ1) is 22.1. The summed E-state index contributed by atoms with van der Waals surface area (Å²) >= 11 is 0. The van der Waals surface area contributed by atoms with Crippen molar-refractivity contribution in [3.63, 3.8) is 0 Å². The lowest BCUT2D eigenvalue weighted by Gasteiger charge is -2.27. The van der Waals surface area contributed by atoms with E-state index in [9.17, 15) is 13.2 Å². The number of anilines is 1. The maximum atomic E-state index is 12.3.